The van der Waals surface area contributed by atoms with Crippen LogP contribution in [-0.4, -0.2) is 29.6 Å². The molecule has 0 saturated heterocycles. The Morgan fingerprint density at radius 1 is 1.17 bits per heavy atom. The van der Waals surface area contributed by atoms with Crippen molar-refractivity contribution in [2.24, 2.45) is 0 Å². The van der Waals surface area contributed by atoms with Gasteiger partial charge < -0.3 is 19.6 Å². The first-order valence-corrected chi connectivity index (χ1v) is 9.69. The number of carbonyl (C=O) groups excluding carboxylic acids is 1. The second kappa shape index (κ2) is 9.45. The number of fused-ring (bicyclic) bond motifs is 1. The number of halogens is 1. The minimum atomic E-state index is -1.15. The van der Waals surface area contributed by atoms with Crippen molar-refractivity contribution < 1.29 is 23.8 Å². The van der Waals surface area contributed by atoms with Gasteiger partial charge in [0.15, 0.2) is 6.61 Å². The van der Waals surface area contributed by atoms with Gasteiger partial charge in [-0.2, -0.15) is 0 Å². The largest absolute Gasteiger partial charge is 0.484 e. The molecular weight excluding hydrogens is 410 g/mol. The van der Waals surface area contributed by atoms with E-state index in [-0.39, 0.29) is 13.0 Å². The Morgan fingerprint density at radius 2 is 1.90 bits per heavy atom. The van der Waals surface area contributed by atoms with Crippen LogP contribution in [0.2, 0.25) is 5.02 Å². The molecule has 8 heteroatoms. The number of carboxylic acids is 1. The lowest BCUT2D eigenvalue weighted by Crippen LogP contribution is -2.44. The SMILES string of the molecule is CCc1cc(=O)oc2cc(OCC(=O)NC(Cc3ccc(Cl)cc3)C(=O)O)ccc12. The molecule has 156 valence electrons. The Bertz CT molecular complexity index is 1120. The molecule has 2 N–H and O–H groups in total. The van der Waals surface area contributed by atoms with Crippen molar-refractivity contribution in [3.05, 3.63) is 75.1 Å². The topological polar surface area (TPSA) is 106 Å². The Hall–Kier alpha value is -3.32. The van der Waals surface area contributed by atoms with E-state index >= 15 is 0 Å². The summed E-state index contributed by atoms with van der Waals surface area (Å²) in [5.74, 6) is -1.41. The third kappa shape index (κ3) is 5.39. The smallest absolute Gasteiger partial charge is 0.336 e. The highest BCUT2D eigenvalue weighted by molar-refractivity contribution is 6.30. The number of aliphatic carboxylic acids is 1. The lowest BCUT2D eigenvalue weighted by molar-refractivity contribution is -0.142. The number of ether oxygens (including phenoxy) is 1. The second-order valence-corrected chi connectivity index (χ2v) is 7.12. The van der Waals surface area contributed by atoms with Crippen LogP contribution in [0.5, 0.6) is 5.75 Å². The Morgan fingerprint density at radius 3 is 2.57 bits per heavy atom. The minimum Gasteiger partial charge on any atom is -0.484 e. The Kier molecular flexibility index (Phi) is 6.74. The van der Waals surface area contributed by atoms with Crippen LogP contribution < -0.4 is 15.7 Å². The number of carboxylic acid groups (broad SMARTS) is 1. The molecule has 30 heavy (non-hydrogen) atoms. The van der Waals surface area contributed by atoms with Gasteiger partial charge in [0.1, 0.15) is 17.4 Å². The van der Waals surface area contributed by atoms with Crippen LogP contribution in [0.1, 0.15) is 18.1 Å². The van der Waals surface area contributed by atoms with Gasteiger partial charge in [-0.3, -0.25) is 4.79 Å². The van der Waals surface area contributed by atoms with E-state index < -0.39 is 23.5 Å². The second-order valence-electron chi connectivity index (χ2n) is 6.68. The highest BCUT2D eigenvalue weighted by Crippen LogP contribution is 2.23. The summed E-state index contributed by atoms with van der Waals surface area (Å²) in [4.78, 5) is 35.4. The van der Waals surface area contributed by atoms with Crippen molar-refractivity contribution >= 4 is 34.4 Å². The standard InChI is InChI=1S/C22H20ClNO6/c1-2-14-10-21(26)30-19-11-16(7-8-17(14)19)29-12-20(25)24-18(22(27)28)9-13-3-5-15(23)6-4-13/h3-8,10-11,18H,2,9,12H2,1H3,(H,24,25)(H,27,28). The van der Waals surface area contributed by atoms with Gasteiger partial charge in [-0.1, -0.05) is 30.7 Å². The predicted molar refractivity (Wildman–Crippen MR) is 112 cm³/mol. The van der Waals surface area contributed by atoms with Crippen LogP contribution in [-0.2, 0) is 22.4 Å². The molecular formula is C22H20ClNO6. The van der Waals surface area contributed by atoms with Crippen LogP contribution in [0.3, 0.4) is 0 Å². The van der Waals surface area contributed by atoms with E-state index in [9.17, 15) is 19.5 Å². The Labute approximate surface area is 177 Å². The zero-order valence-electron chi connectivity index (χ0n) is 16.2. The number of aryl methyl sites for hydroxylation is 1. The predicted octanol–water partition coefficient (Wildman–Crippen LogP) is 3.20. The van der Waals surface area contributed by atoms with Crippen LogP contribution in [0.25, 0.3) is 11.0 Å². The molecule has 0 bridgehead atoms. The van der Waals surface area contributed by atoms with E-state index in [1.54, 1.807) is 36.4 Å². The fraction of sp³-hybridized carbons (Fsp3) is 0.227. The zero-order valence-corrected chi connectivity index (χ0v) is 16.9. The van der Waals surface area contributed by atoms with Crippen LogP contribution in [0.4, 0.5) is 0 Å². The molecule has 1 aromatic heterocycles. The van der Waals surface area contributed by atoms with Crippen molar-refractivity contribution in [2.45, 2.75) is 25.8 Å². The number of nitrogens with one attached hydrogen (secondary N) is 1. The summed E-state index contributed by atoms with van der Waals surface area (Å²) < 4.78 is 10.7. The number of benzene rings is 2. The first kappa shape index (κ1) is 21.4. The quantitative estimate of drug-likeness (QED) is 0.533. The minimum absolute atomic E-state index is 0.110. The van der Waals surface area contributed by atoms with E-state index in [0.717, 1.165) is 16.5 Å². The molecule has 0 aliphatic carbocycles. The fourth-order valence-electron chi connectivity index (χ4n) is 3.03. The van der Waals surface area contributed by atoms with Gasteiger partial charge in [0.2, 0.25) is 0 Å². The van der Waals surface area contributed by atoms with E-state index in [1.807, 2.05) is 6.92 Å². The lowest BCUT2D eigenvalue weighted by atomic mass is 10.1. The normalized spacial score (nSPS) is 11.8. The van der Waals surface area contributed by atoms with Crippen molar-refractivity contribution in [2.75, 3.05) is 6.61 Å². The lowest BCUT2D eigenvalue weighted by Gasteiger charge is -2.15. The van der Waals surface area contributed by atoms with Crippen molar-refractivity contribution in [3.63, 3.8) is 0 Å². The van der Waals surface area contributed by atoms with Gasteiger partial charge in [0.25, 0.3) is 5.91 Å². The van der Waals surface area contributed by atoms with E-state index in [0.29, 0.717) is 22.8 Å². The average Bonchev–Trinajstić information content (AvgIpc) is 2.72. The summed E-state index contributed by atoms with van der Waals surface area (Å²) >= 11 is 5.83. The van der Waals surface area contributed by atoms with E-state index in [1.165, 1.54) is 12.1 Å². The maximum Gasteiger partial charge on any atom is 0.336 e. The van der Waals surface area contributed by atoms with Crippen LogP contribution in [0, 0.1) is 0 Å². The molecule has 3 rings (SSSR count). The first-order valence-electron chi connectivity index (χ1n) is 9.32. The summed E-state index contributed by atoms with van der Waals surface area (Å²) in [6.07, 6.45) is 0.786. The molecule has 1 heterocycles. The Balaban J connectivity index is 1.64. The summed E-state index contributed by atoms with van der Waals surface area (Å²) in [6, 6.07) is 12.0. The maximum atomic E-state index is 12.2. The van der Waals surface area contributed by atoms with Crippen LogP contribution in [0.15, 0.2) is 57.7 Å². The maximum absolute atomic E-state index is 12.2. The van der Waals surface area contributed by atoms with Crippen LogP contribution >= 0.6 is 11.6 Å². The summed E-state index contributed by atoms with van der Waals surface area (Å²) in [5.41, 5.74) is 1.49. The molecule has 0 saturated carbocycles. The molecule has 0 aliphatic heterocycles. The number of carbonyl (C=O) groups is 2. The zero-order chi connectivity index (χ0) is 21.7. The third-order valence-corrected chi connectivity index (χ3v) is 4.79. The molecule has 0 fully saturated rings. The molecule has 0 spiro atoms. The monoisotopic (exact) mass is 429 g/mol. The summed E-state index contributed by atoms with van der Waals surface area (Å²) in [5, 5.41) is 13.2. The molecule has 1 atom stereocenters. The number of hydrogen-bond acceptors (Lipinski definition) is 5. The highest BCUT2D eigenvalue weighted by Gasteiger charge is 2.20. The summed E-state index contributed by atoms with van der Waals surface area (Å²) in [7, 11) is 0. The van der Waals surface area contributed by atoms with Gasteiger partial charge in [0.05, 0.1) is 0 Å². The average molecular weight is 430 g/mol. The van der Waals surface area contributed by atoms with Gasteiger partial charge in [0, 0.05) is 29.0 Å². The van der Waals surface area contributed by atoms with Gasteiger partial charge in [-0.25, -0.2) is 9.59 Å². The molecule has 0 radical (unpaired) electrons. The molecule has 0 aliphatic rings. The molecule has 1 unspecified atom stereocenters. The molecule has 3 aromatic rings. The molecule has 7 nitrogen and oxygen atoms in total. The van der Waals surface area contributed by atoms with Gasteiger partial charge in [-0.15, -0.1) is 0 Å². The van der Waals surface area contributed by atoms with Crippen molar-refractivity contribution in [1.82, 2.24) is 5.32 Å². The highest BCUT2D eigenvalue weighted by atomic mass is 35.5. The van der Waals surface area contributed by atoms with Gasteiger partial charge >= 0.3 is 11.6 Å². The van der Waals surface area contributed by atoms with E-state index in [4.69, 9.17) is 20.8 Å². The fourth-order valence-corrected chi connectivity index (χ4v) is 3.16. The number of amides is 1. The van der Waals surface area contributed by atoms with Gasteiger partial charge in [-0.05, 0) is 41.8 Å². The number of rotatable bonds is 8. The number of hydrogen-bond donors (Lipinski definition) is 2. The molecule has 1 amide bonds. The third-order valence-electron chi connectivity index (χ3n) is 4.54. The summed E-state index contributed by atoms with van der Waals surface area (Å²) in [6.45, 7) is 1.56. The van der Waals surface area contributed by atoms with Crippen molar-refractivity contribution in [3.8, 4) is 5.75 Å². The van der Waals surface area contributed by atoms with E-state index in [2.05, 4.69) is 5.32 Å². The van der Waals surface area contributed by atoms with Crippen molar-refractivity contribution in [1.29, 1.82) is 0 Å². The first-order chi connectivity index (χ1) is 14.4. The molecule has 2 aromatic carbocycles.